The Balaban J connectivity index is 1.88. The van der Waals surface area contributed by atoms with E-state index in [-0.39, 0.29) is 17.2 Å². The van der Waals surface area contributed by atoms with Crippen LogP contribution in [-0.2, 0) is 6.54 Å². The zero-order valence-electron chi connectivity index (χ0n) is 18.2. The second-order valence-corrected chi connectivity index (χ2v) is 9.25. The van der Waals surface area contributed by atoms with E-state index in [0.29, 0.717) is 41.3 Å². The number of nitrogens with zero attached hydrogens (tertiary/aromatic N) is 2. The summed E-state index contributed by atoms with van der Waals surface area (Å²) in [6.07, 6.45) is 0. The molecule has 32 heavy (non-hydrogen) atoms. The standard InChI is InChI=1S/C25H26N4O2S/c1-25(2,16-27)17-29(24(31)19-11-9-18(14-26)10-12-19)15-20-6-3-4-7-21(20)28-23(30)22-8-5-13-32-22/h3-13H,15-17,27H2,1-2H3,(H,28,30). The second-order valence-electron chi connectivity index (χ2n) is 8.31. The molecule has 6 nitrogen and oxygen atoms in total. The summed E-state index contributed by atoms with van der Waals surface area (Å²) in [5.74, 6) is -0.338. The third kappa shape index (κ3) is 5.82. The highest BCUT2D eigenvalue weighted by Gasteiger charge is 2.26. The Bertz CT molecular complexity index is 1120. The van der Waals surface area contributed by atoms with Gasteiger partial charge in [0.25, 0.3) is 11.8 Å². The van der Waals surface area contributed by atoms with Gasteiger partial charge in [0.2, 0.25) is 0 Å². The van der Waals surface area contributed by atoms with Crippen LogP contribution in [0, 0.1) is 16.7 Å². The van der Waals surface area contributed by atoms with E-state index < -0.39 is 0 Å². The van der Waals surface area contributed by atoms with Crippen LogP contribution in [0.15, 0.2) is 66.0 Å². The Hall–Kier alpha value is -3.47. The molecule has 0 aliphatic carbocycles. The van der Waals surface area contributed by atoms with Gasteiger partial charge in [-0.05, 0) is 59.3 Å². The average molecular weight is 447 g/mol. The molecular weight excluding hydrogens is 420 g/mol. The van der Waals surface area contributed by atoms with Crippen molar-refractivity contribution in [2.24, 2.45) is 11.1 Å². The third-order valence-electron chi connectivity index (χ3n) is 5.09. The van der Waals surface area contributed by atoms with Crippen molar-refractivity contribution in [1.82, 2.24) is 4.90 Å². The number of hydrogen-bond acceptors (Lipinski definition) is 5. The van der Waals surface area contributed by atoms with Crippen LogP contribution in [0.25, 0.3) is 0 Å². The largest absolute Gasteiger partial charge is 0.334 e. The van der Waals surface area contributed by atoms with Crippen molar-refractivity contribution in [1.29, 1.82) is 5.26 Å². The van der Waals surface area contributed by atoms with E-state index in [1.165, 1.54) is 11.3 Å². The van der Waals surface area contributed by atoms with Crippen LogP contribution >= 0.6 is 11.3 Å². The van der Waals surface area contributed by atoms with E-state index in [4.69, 9.17) is 11.0 Å². The minimum absolute atomic E-state index is 0.157. The van der Waals surface area contributed by atoms with E-state index >= 15 is 0 Å². The summed E-state index contributed by atoms with van der Waals surface area (Å²) in [4.78, 5) is 28.3. The zero-order valence-corrected chi connectivity index (χ0v) is 19.0. The molecule has 2 aromatic carbocycles. The molecule has 0 aliphatic heterocycles. The molecule has 164 valence electrons. The lowest BCUT2D eigenvalue weighted by atomic mass is 9.92. The van der Waals surface area contributed by atoms with Crippen molar-refractivity contribution < 1.29 is 9.59 Å². The predicted molar refractivity (Wildman–Crippen MR) is 127 cm³/mol. The molecule has 1 heterocycles. The summed E-state index contributed by atoms with van der Waals surface area (Å²) in [6.45, 7) is 5.19. The second kappa shape index (κ2) is 10.2. The highest BCUT2D eigenvalue weighted by atomic mass is 32.1. The number of amides is 2. The highest BCUT2D eigenvalue weighted by molar-refractivity contribution is 7.12. The number of thiophene rings is 1. The number of para-hydroxylation sites is 1. The van der Waals surface area contributed by atoms with Gasteiger partial charge >= 0.3 is 0 Å². The average Bonchev–Trinajstić information content (AvgIpc) is 3.34. The molecule has 0 bridgehead atoms. The molecule has 0 aliphatic rings. The first-order valence-electron chi connectivity index (χ1n) is 10.3. The quantitative estimate of drug-likeness (QED) is 0.532. The maximum absolute atomic E-state index is 13.4. The topological polar surface area (TPSA) is 99.2 Å². The number of carbonyl (C=O) groups is 2. The number of nitrogens with one attached hydrogen (secondary N) is 1. The molecule has 7 heteroatoms. The Morgan fingerprint density at radius 1 is 1.09 bits per heavy atom. The monoisotopic (exact) mass is 446 g/mol. The van der Waals surface area contributed by atoms with Gasteiger partial charge in [0, 0.05) is 24.3 Å². The molecule has 0 unspecified atom stereocenters. The molecule has 0 fully saturated rings. The third-order valence-corrected chi connectivity index (χ3v) is 5.96. The van der Waals surface area contributed by atoms with Crippen molar-refractivity contribution in [2.45, 2.75) is 20.4 Å². The van der Waals surface area contributed by atoms with Crippen molar-refractivity contribution in [3.05, 3.63) is 87.6 Å². The van der Waals surface area contributed by atoms with Crippen molar-refractivity contribution in [2.75, 3.05) is 18.4 Å². The fourth-order valence-electron chi connectivity index (χ4n) is 3.23. The van der Waals surface area contributed by atoms with Crippen LogP contribution in [-0.4, -0.2) is 29.8 Å². The van der Waals surface area contributed by atoms with E-state index in [9.17, 15) is 9.59 Å². The van der Waals surface area contributed by atoms with Gasteiger partial charge in [-0.3, -0.25) is 9.59 Å². The molecule has 0 spiro atoms. The van der Waals surface area contributed by atoms with E-state index in [1.807, 2.05) is 49.6 Å². The van der Waals surface area contributed by atoms with Gasteiger partial charge in [-0.1, -0.05) is 38.1 Å². The molecule has 0 saturated carbocycles. The number of benzene rings is 2. The molecule has 0 radical (unpaired) electrons. The molecule has 0 atom stereocenters. The lowest BCUT2D eigenvalue weighted by Gasteiger charge is -2.32. The Morgan fingerprint density at radius 2 is 1.81 bits per heavy atom. The van der Waals surface area contributed by atoms with Gasteiger partial charge in [0.05, 0.1) is 16.5 Å². The molecule has 3 N–H and O–H groups in total. The summed E-state index contributed by atoms with van der Waals surface area (Å²) < 4.78 is 0. The number of hydrogen-bond donors (Lipinski definition) is 2. The van der Waals surface area contributed by atoms with Crippen molar-refractivity contribution >= 4 is 28.8 Å². The van der Waals surface area contributed by atoms with Crippen LogP contribution in [0.1, 0.15) is 45.0 Å². The van der Waals surface area contributed by atoms with Crippen LogP contribution < -0.4 is 11.1 Å². The van der Waals surface area contributed by atoms with Gasteiger partial charge in [-0.15, -0.1) is 11.3 Å². The Labute approximate surface area is 192 Å². The number of nitrogens with two attached hydrogens (primary N) is 1. The number of nitriles is 1. The van der Waals surface area contributed by atoms with E-state index in [0.717, 1.165) is 5.56 Å². The first-order chi connectivity index (χ1) is 15.3. The summed E-state index contributed by atoms with van der Waals surface area (Å²) in [6, 6.07) is 19.7. The normalized spacial score (nSPS) is 10.9. The summed E-state index contributed by atoms with van der Waals surface area (Å²) in [5.41, 5.74) is 8.13. The Kier molecular flexibility index (Phi) is 7.41. The van der Waals surface area contributed by atoms with Gasteiger partial charge in [0.15, 0.2) is 0 Å². The number of rotatable bonds is 8. The zero-order chi connectivity index (χ0) is 23.1. The maximum Gasteiger partial charge on any atom is 0.265 e. The minimum atomic E-state index is -0.294. The fraction of sp³-hybridized carbons (Fsp3) is 0.240. The van der Waals surface area contributed by atoms with Gasteiger partial charge in [-0.2, -0.15) is 5.26 Å². The van der Waals surface area contributed by atoms with Crippen LogP contribution in [0.5, 0.6) is 0 Å². The summed E-state index contributed by atoms with van der Waals surface area (Å²) in [5, 5.41) is 13.9. The van der Waals surface area contributed by atoms with E-state index in [1.54, 1.807) is 35.2 Å². The summed E-state index contributed by atoms with van der Waals surface area (Å²) in [7, 11) is 0. The molecule has 1 aromatic heterocycles. The van der Waals surface area contributed by atoms with Gasteiger partial charge in [-0.25, -0.2) is 0 Å². The fourth-order valence-corrected chi connectivity index (χ4v) is 3.85. The number of anilines is 1. The van der Waals surface area contributed by atoms with Gasteiger partial charge < -0.3 is 16.0 Å². The minimum Gasteiger partial charge on any atom is -0.334 e. The van der Waals surface area contributed by atoms with E-state index in [2.05, 4.69) is 11.4 Å². The highest BCUT2D eigenvalue weighted by Crippen LogP contribution is 2.24. The lowest BCUT2D eigenvalue weighted by Crippen LogP contribution is -2.41. The SMILES string of the molecule is CC(C)(CN)CN(Cc1ccccc1NC(=O)c1cccs1)C(=O)c1ccc(C#N)cc1. The van der Waals surface area contributed by atoms with Crippen LogP contribution in [0.3, 0.4) is 0 Å². The smallest absolute Gasteiger partial charge is 0.265 e. The maximum atomic E-state index is 13.4. The van der Waals surface area contributed by atoms with Crippen molar-refractivity contribution in [3.63, 3.8) is 0 Å². The van der Waals surface area contributed by atoms with Gasteiger partial charge in [0.1, 0.15) is 0 Å². The molecule has 0 saturated heterocycles. The first-order valence-corrected chi connectivity index (χ1v) is 11.1. The molecule has 2 amide bonds. The van der Waals surface area contributed by atoms with Crippen LogP contribution in [0.2, 0.25) is 0 Å². The van der Waals surface area contributed by atoms with Crippen molar-refractivity contribution in [3.8, 4) is 6.07 Å². The number of carbonyl (C=O) groups excluding carboxylic acids is 2. The Morgan fingerprint density at radius 3 is 2.44 bits per heavy atom. The molecule has 3 rings (SSSR count). The predicted octanol–water partition coefficient (Wildman–Crippen LogP) is 4.50. The van der Waals surface area contributed by atoms with Crippen LogP contribution in [0.4, 0.5) is 5.69 Å². The molecular formula is C25H26N4O2S. The summed E-state index contributed by atoms with van der Waals surface area (Å²) >= 11 is 1.37. The lowest BCUT2D eigenvalue weighted by molar-refractivity contribution is 0.0674. The first kappa shape index (κ1) is 23.2. The molecule has 3 aromatic rings.